The molecule has 1 aliphatic heterocycles. The highest BCUT2D eigenvalue weighted by Crippen LogP contribution is 2.22. The van der Waals surface area contributed by atoms with Crippen LogP contribution in [-0.2, 0) is 9.53 Å². The number of aryl methyl sites for hydroxylation is 3. The van der Waals surface area contributed by atoms with Crippen LogP contribution in [-0.4, -0.2) is 53.6 Å². The molecule has 2 amide bonds. The van der Waals surface area contributed by atoms with Crippen molar-refractivity contribution >= 4 is 11.8 Å². The summed E-state index contributed by atoms with van der Waals surface area (Å²) in [5, 5.41) is 2.88. The van der Waals surface area contributed by atoms with E-state index in [1.54, 1.807) is 11.8 Å². The van der Waals surface area contributed by atoms with E-state index in [0.29, 0.717) is 31.9 Å². The normalized spacial score (nSPS) is 15.5. The van der Waals surface area contributed by atoms with E-state index in [1.807, 2.05) is 51.1 Å². The fourth-order valence-corrected chi connectivity index (χ4v) is 3.47. The van der Waals surface area contributed by atoms with Gasteiger partial charge in [-0.1, -0.05) is 11.6 Å². The minimum Gasteiger partial charge on any atom is -0.378 e. The molecule has 0 bridgehead atoms. The Morgan fingerprint density at radius 2 is 1.67 bits per heavy atom. The number of nitrogens with zero attached hydrogens (tertiary/aromatic N) is 2. The van der Waals surface area contributed by atoms with Gasteiger partial charge in [0.25, 0.3) is 5.91 Å². The Kier molecular flexibility index (Phi) is 5.65. The zero-order valence-corrected chi connectivity index (χ0v) is 16.4. The first-order valence-electron chi connectivity index (χ1n) is 9.32. The van der Waals surface area contributed by atoms with Crippen molar-refractivity contribution in [1.82, 2.24) is 14.8 Å². The van der Waals surface area contributed by atoms with Crippen LogP contribution in [0, 0.1) is 20.8 Å². The highest BCUT2D eigenvalue weighted by molar-refractivity contribution is 6.00. The first-order valence-corrected chi connectivity index (χ1v) is 9.32. The summed E-state index contributed by atoms with van der Waals surface area (Å²) in [7, 11) is 0. The third kappa shape index (κ3) is 4.06. The molecule has 0 radical (unpaired) electrons. The van der Waals surface area contributed by atoms with Crippen LogP contribution >= 0.6 is 0 Å². The molecule has 144 valence electrons. The second-order valence-electron chi connectivity index (χ2n) is 7.10. The standard InChI is InChI=1S/C21H27N3O3/c1-14-5-8-19(24-15(2)6-7-16(24)3)18(13-14)20(25)22-17(4)21(26)23-9-11-27-12-10-23/h5-8,13,17H,9-12H2,1-4H3,(H,22,25). The van der Waals surface area contributed by atoms with E-state index >= 15 is 0 Å². The van der Waals surface area contributed by atoms with Gasteiger partial charge in [0.2, 0.25) is 5.91 Å². The summed E-state index contributed by atoms with van der Waals surface area (Å²) in [6.07, 6.45) is 0. The Hall–Kier alpha value is -2.60. The van der Waals surface area contributed by atoms with Crippen molar-refractivity contribution in [2.24, 2.45) is 0 Å². The molecular formula is C21H27N3O3. The average Bonchev–Trinajstić information content (AvgIpc) is 3.00. The lowest BCUT2D eigenvalue weighted by Gasteiger charge is -2.29. The van der Waals surface area contributed by atoms with Crippen molar-refractivity contribution in [2.75, 3.05) is 26.3 Å². The van der Waals surface area contributed by atoms with Crippen LogP contribution in [0.3, 0.4) is 0 Å². The van der Waals surface area contributed by atoms with Crippen LogP contribution in [0.4, 0.5) is 0 Å². The van der Waals surface area contributed by atoms with Crippen LogP contribution in [0.25, 0.3) is 5.69 Å². The summed E-state index contributed by atoms with van der Waals surface area (Å²) >= 11 is 0. The van der Waals surface area contributed by atoms with Gasteiger partial charge in [0.05, 0.1) is 24.5 Å². The summed E-state index contributed by atoms with van der Waals surface area (Å²) in [6, 6.07) is 9.29. The maximum Gasteiger partial charge on any atom is 0.254 e. The molecule has 1 aliphatic rings. The Morgan fingerprint density at radius 1 is 1.04 bits per heavy atom. The second-order valence-corrected chi connectivity index (χ2v) is 7.10. The van der Waals surface area contributed by atoms with Crippen molar-refractivity contribution in [1.29, 1.82) is 0 Å². The minimum atomic E-state index is -0.587. The molecule has 1 saturated heterocycles. The van der Waals surface area contributed by atoms with Crippen LogP contribution in [0.5, 0.6) is 0 Å². The molecular weight excluding hydrogens is 342 g/mol. The molecule has 1 fully saturated rings. The Balaban J connectivity index is 1.84. The van der Waals surface area contributed by atoms with E-state index in [2.05, 4.69) is 9.88 Å². The summed E-state index contributed by atoms with van der Waals surface area (Å²) in [6.45, 7) is 9.93. The lowest BCUT2D eigenvalue weighted by molar-refractivity contribution is -0.136. The topological polar surface area (TPSA) is 63.6 Å². The molecule has 2 heterocycles. The number of hydrogen-bond acceptors (Lipinski definition) is 3. The maximum absolute atomic E-state index is 13.0. The molecule has 0 saturated carbocycles. The SMILES string of the molecule is Cc1ccc(-n2c(C)ccc2C)c(C(=O)NC(C)C(=O)N2CCOCC2)c1. The van der Waals surface area contributed by atoms with E-state index in [1.165, 1.54) is 0 Å². The molecule has 1 N–H and O–H groups in total. The van der Waals surface area contributed by atoms with Crippen molar-refractivity contribution in [3.05, 3.63) is 52.8 Å². The fraction of sp³-hybridized carbons (Fsp3) is 0.429. The first kappa shape index (κ1) is 19.2. The molecule has 6 nitrogen and oxygen atoms in total. The summed E-state index contributed by atoms with van der Waals surface area (Å²) < 4.78 is 7.35. The van der Waals surface area contributed by atoms with Crippen molar-refractivity contribution in [3.63, 3.8) is 0 Å². The number of morpholine rings is 1. The van der Waals surface area contributed by atoms with Crippen molar-refractivity contribution in [3.8, 4) is 5.69 Å². The smallest absolute Gasteiger partial charge is 0.254 e. The van der Waals surface area contributed by atoms with Crippen LogP contribution in [0.1, 0.15) is 34.2 Å². The first-order chi connectivity index (χ1) is 12.9. The highest BCUT2D eigenvalue weighted by atomic mass is 16.5. The van der Waals surface area contributed by atoms with Gasteiger partial charge in [0, 0.05) is 24.5 Å². The quantitative estimate of drug-likeness (QED) is 0.900. The molecule has 2 aromatic rings. The predicted octanol–water partition coefficient (Wildman–Crippen LogP) is 2.38. The lowest BCUT2D eigenvalue weighted by atomic mass is 10.1. The molecule has 27 heavy (non-hydrogen) atoms. The predicted molar refractivity (Wildman–Crippen MR) is 104 cm³/mol. The van der Waals surface area contributed by atoms with Gasteiger partial charge in [-0.15, -0.1) is 0 Å². The van der Waals surface area contributed by atoms with Gasteiger partial charge in [-0.25, -0.2) is 0 Å². The van der Waals surface area contributed by atoms with E-state index < -0.39 is 6.04 Å². The number of hydrogen-bond donors (Lipinski definition) is 1. The lowest BCUT2D eigenvalue weighted by Crippen LogP contribution is -2.50. The number of carbonyl (C=O) groups excluding carboxylic acids is 2. The van der Waals surface area contributed by atoms with E-state index in [4.69, 9.17) is 4.74 Å². The van der Waals surface area contributed by atoms with Crippen LogP contribution < -0.4 is 5.32 Å². The zero-order chi connectivity index (χ0) is 19.6. The molecule has 3 rings (SSSR count). The van der Waals surface area contributed by atoms with Crippen LogP contribution in [0.15, 0.2) is 30.3 Å². The monoisotopic (exact) mass is 369 g/mol. The molecule has 1 aromatic carbocycles. The number of rotatable bonds is 4. The zero-order valence-electron chi connectivity index (χ0n) is 16.4. The molecule has 1 atom stereocenters. The third-order valence-corrected chi connectivity index (χ3v) is 4.95. The van der Waals surface area contributed by atoms with Gasteiger partial charge in [0.15, 0.2) is 0 Å². The number of ether oxygens (including phenoxy) is 1. The van der Waals surface area contributed by atoms with Gasteiger partial charge in [-0.05, 0) is 52.0 Å². The molecule has 1 unspecified atom stereocenters. The van der Waals surface area contributed by atoms with E-state index in [0.717, 1.165) is 22.6 Å². The number of benzene rings is 1. The van der Waals surface area contributed by atoms with Gasteiger partial charge in [0.1, 0.15) is 6.04 Å². The Bertz CT molecular complexity index is 831. The number of carbonyl (C=O) groups is 2. The van der Waals surface area contributed by atoms with E-state index in [-0.39, 0.29) is 11.8 Å². The Morgan fingerprint density at radius 3 is 2.30 bits per heavy atom. The molecule has 0 spiro atoms. The highest BCUT2D eigenvalue weighted by Gasteiger charge is 2.25. The number of nitrogens with one attached hydrogen (secondary N) is 1. The van der Waals surface area contributed by atoms with Gasteiger partial charge < -0.3 is 19.5 Å². The molecule has 0 aliphatic carbocycles. The fourth-order valence-electron chi connectivity index (χ4n) is 3.47. The average molecular weight is 369 g/mol. The van der Waals surface area contributed by atoms with Crippen LogP contribution in [0.2, 0.25) is 0 Å². The molecule has 6 heteroatoms. The van der Waals surface area contributed by atoms with Gasteiger partial charge >= 0.3 is 0 Å². The maximum atomic E-state index is 13.0. The minimum absolute atomic E-state index is 0.0748. The van der Waals surface area contributed by atoms with Gasteiger partial charge in [-0.3, -0.25) is 9.59 Å². The second kappa shape index (κ2) is 7.96. The number of amides is 2. The molecule has 1 aromatic heterocycles. The Labute approximate surface area is 160 Å². The largest absolute Gasteiger partial charge is 0.378 e. The summed E-state index contributed by atoms with van der Waals surface area (Å²) in [5.74, 6) is -0.315. The van der Waals surface area contributed by atoms with Crippen molar-refractivity contribution in [2.45, 2.75) is 33.7 Å². The van der Waals surface area contributed by atoms with E-state index in [9.17, 15) is 9.59 Å². The van der Waals surface area contributed by atoms with Gasteiger partial charge in [-0.2, -0.15) is 0 Å². The van der Waals surface area contributed by atoms with Crippen molar-refractivity contribution < 1.29 is 14.3 Å². The third-order valence-electron chi connectivity index (χ3n) is 4.95. The number of aromatic nitrogens is 1. The summed E-state index contributed by atoms with van der Waals surface area (Å²) in [4.78, 5) is 27.4. The summed E-state index contributed by atoms with van der Waals surface area (Å²) in [5.41, 5.74) is 4.51.